The lowest BCUT2D eigenvalue weighted by molar-refractivity contribution is -0.0939. The molecule has 2 heteroatoms. The molecule has 0 spiro atoms. The summed E-state index contributed by atoms with van der Waals surface area (Å²) < 4.78 is 0. The van der Waals surface area contributed by atoms with E-state index in [1.54, 1.807) is 0 Å². The lowest BCUT2D eigenvalue weighted by Crippen LogP contribution is -2.46. The molecular formula is C35H72O2. The predicted molar refractivity (Wildman–Crippen MR) is 166 cm³/mol. The Kier molecular flexibility index (Phi) is 27.4. The molecule has 0 heterocycles. The summed E-state index contributed by atoms with van der Waals surface area (Å²) >= 11 is 0. The highest BCUT2D eigenvalue weighted by atomic mass is 16.3. The molecule has 3 unspecified atom stereocenters. The third-order valence-corrected chi connectivity index (χ3v) is 9.11. The van der Waals surface area contributed by atoms with Crippen LogP contribution in [0.1, 0.15) is 201 Å². The Balaban J connectivity index is 4.61. The van der Waals surface area contributed by atoms with Crippen LogP contribution in [0.15, 0.2) is 0 Å². The van der Waals surface area contributed by atoms with Crippen LogP contribution >= 0.6 is 0 Å². The van der Waals surface area contributed by atoms with Crippen molar-refractivity contribution in [2.45, 2.75) is 207 Å². The van der Waals surface area contributed by atoms with Crippen LogP contribution in [0.3, 0.4) is 0 Å². The van der Waals surface area contributed by atoms with Crippen molar-refractivity contribution in [3.05, 3.63) is 0 Å². The molecule has 0 aliphatic carbocycles. The smallest absolute Gasteiger partial charge is 0.0723 e. The van der Waals surface area contributed by atoms with Crippen molar-refractivity contribution in [2.24, 2.45) is 11.8 Å². The fourth-order valence-electron chi connectivity index (χ4n) is 6.25. The second-order valence-corrected chi connectivity index (χ2v) is 12.5. The molecule has 0 radical (unpaired) electrons. The van der Waals surface area contributed by atoms with Crippen LogP contribution in [0.5, 0.6) is 0 Å². The molecule has 0 saturated carbocycles. The summed E-state index contributed by atoms with van der Waals surface area (Å²) in [5.41, 5.74) is -0.695. The monoisotopic (exact) mass is 525 g/mol. The van der Waals surface area contributed by atoms with E-state index >= 15 is 0 Å². The second-order valence-electron chi connectivity index (χ2n) is 12.5. The lowest BCUT2D eigenvalue weighted by Gasteiger charge is -2.41. The maximum Gasteiger partial charge on any atom is 0.0723 e. The highest BCUT2D eigenvalue weighted by molar-refractivity contribution is 4.91. The fraction of sp³-hybridized carbons (Fsp3) is 1.00. The van der Waals surface area contributed by atoms with Crippen molar-refractivity contribution in [2.75, 3.05) is 6.61 Å². The van der Waals surface area contributed by atoms with Gasteiger partial charge in [-0.2, -0.15) is 0 Å². The number of rotatable bonds is 30. The molecule has 0 saturated heterocycles. The van der Waals surface area contributed by atoms with E-state index in [0.717, 1.165) is 32.1 Å². The van der Waals surface area contributed by atoms with E-state index in [1.807, 2.05) is 0 Å². The minimum Gasteiger partial charge on any atom is -0.396 e. The molecule has 224 valence electrons. The highest BCUT2D eigenvalue weighted by Crippen LogP contribution is 2.38. The number of aliphatic hydroxyl groups is 2. The van der Waals surface area contributed by atoms with Crippen LogP contribution in [0.2, 0.25) is 0 Å². The van der Waals surface area contributed by atoms with Crippen LogP contribution < -0.4 is 0 Å². The molecule has 3 atom stereocenters. The van der Waals surface area contributed by atoms with Gasteiger partial charge in [-0.1, -0.05) is 182 Å². The summed E-state index contributed by atoms with van der Waals surface area (Å²) in [6.45, 7) is 9.26. The largest absolute Gasteiger partial charge is 0.396 e. The predicted octanol–water partition coefficient (Wildman–Crippen LogP) is 11.6. The Bertz CT molecular complexity index is 437. The zero-order chi connectivity index (χ0) is 27.5. The van der Waals surface area contributed by atoms with Gasteiger partial charge in [0.2, 0.25) is 0 Å². The van der Waals surface area contributed by atoms with Gasteiger partial charge >= 0.3 is 0 Å². The van der Waals surface area contributed by atoms with Crippen molar-refractivity contribution in [1.29, 1.82) is 0 Å². The molecule has 37 heavy (non-hydrogen) atoms. The van der Waals surface area contributed by atoms with Crippen molar-refractivity contribution < 1.29 is 10.2 Å². The Morgan fingerprint density at radius 2 is 0.784 bits per heavy atom. The Morgan fingerprint density at radius 3 is 1.16 bits per heavy atom. The van der Waals surface area contributed by atoms with Gasteiger partial charge in [-0.15, -0.1) is 0 Å². The first-order valence-electron chi connectivity index (χ1n) is 17.4. The standard InChI is InChI=1S/C35H72O2/c1-5-8-11-14-17-20-23-26-29-33(4)35(37,31-28-25-22-19-16-13-10-7-3)34(32-36)30-27-24-21-18-15-12-9-6-2/h33-34,36-37H,5-32H2,1-4H3. The van der Waals surface area contributed by atoms with E-state index in [2.05, 4.69) is 27.7 Å². The van der Waals surface area contributed by atoms with Crippen LogP contribution in [0.4, 0.5) is 0 Å². The minimum absolute atomic E-state index is 0.0428. The normalized spacial score (nSPS) is 15.1. The molecular weight excluding hydrogens is 452 g/mol. The molecule has 0 aliphatic heterocycles. The fourth-order valence-corrected chi connectivity index (χ4v) is 6.25. The average Bonchev–Trinajstić information content (AvgIpc) is 2.90. The SMILES string of the molecule is CCCCCCCCCCC(C)C(O)(CCCCCCCCCC)C(CO)CCCCCCCCCC. The summed E-state index contributed by atoms with van der Waals surface area (Å²) in [5, 5.41) is 22.4. The topological polar surface area (TPSA) is 40.5 Å². The molecule has 2 N–H and O–H groups in total. The molecule has 0 bridgehead atoms. The van der Waals surface area contributed by atoms with E-state index < -0.39 is 5.60 Å². The van der Waals surface area contributed by atoms with Crippen LogP contribution in [-0.2, 0) is 0 Å². The number of hydrogen-bond donors (Lipinski definition) is 2. The number of hydrogen-bond acceptors (Lipinski definition) is 2. The zero-order valence-corrected chi connectivity index (χ0v) is 26.3. The van der Waals surface area contributed by atoms with Crippen molar-refractivity contribution in [3.8, 4) is 0 Å². The van der Waals surface area contributed by atoms with Crippen molar-refractivity contribution in [1.82, 2.24) is 0 Å². The molecule has 0 amide bonds. The van der Waals surface area contributed by atoms with Gasteiger partial charge in [0.1, 0.15) is 0 Å². The van der Waals surface area contributed by atoms with Crippen LogP contribution in [0, 0.1) is 11.8 Å². The highest BCUT2D eigenvalue weighted by Gasteiger charge is 2.40. The summed E-state index contributed by atoms with van der Waals surface area (Å²) in [6.07, 6.45) is 34.6. The first kappa shape index (κ1) is 36.9. The number of aliphatic hydroxyl groups excluding tert-OH is 1. The van der Waals surface area contributed by atoms with E-state index in [1.165, 1.54) is 141 Å². The Morgan fingerprint density at radius 1 is 0.459 bits per heavy atom. The van der Waals surface area contributed by atoms with Gasteiger partial charge in [0.05, 0.1) is 5.60 Å². The van der Waals surface area contributed by atoms with Gasteiger partial charge < -0.3 is 10.2 Å². The third kappa shape index (κ3) is 20.5. The Hall–Kier alpha value is -0.0800. The summed E-state index contributed by atoms with van der Waals surface area (Å²) in [6, 6.07) is 0. The van der Waals surface area contributed by atoms with Crippen molar-refractivity contribution in [3.63, 3.8) is 0 Å². The average molecular weight is 525 g/mol. The molecule has 0 rings (SSSR count). The van der Waals surface area contributed by atoms with Crippen LogP contribution in [0.25, 0.3) is 0 Å². The molecule has 0 aliphatic rings. The Labute approximate surface area is 235 Å². The summed E-state index contributed by atoms with van der Waals surface area (Å²) in [4.78, 5) is 0. The van der Waals surface area contributed by atoms with Gasteiger partial charge in [0.25, 0.3) is 0 Å². The maximum atomic E-state index is 12.1. The first-order valence-corrected chi connectivity index (χ1v) is 17.4. The maximum absolute atomic E-state index is 12.1. The van der Waals surface area contributed by atoms with Crippen LogP contribution in [-0.4, -0.2) is 22.4 Å². The van der Waals surface area contributed by atoms with Gasteiger partial charge in [0.15, 0.2) is 0 Å². The van der Waals surface area contributed by atoms with Gasteiger partial charge in [-0.25, -0.2) is 0 Å². The van der Waals surface area contributed by atoms with E-state index in [0.29, 0.717) is 0 Å². The van der Waals surface area contributed by atoms with Crippen molar-refractivity contribution >= 4 is 0 Å². The lowest BCUT2D eigenvalue weighted by atomic mass is 9.71. The summed E-state index contributed by atoms with van der Waals surface area (Å²) in [7, 11) is 0. The first-order chi connectivity index (χ1) is 18.1. The quantitative estimate of drug-likeness (QED) is 0.0917. The zero-order valence-electron chi connectivity index (χ0n) is 26.3. The second kappa shape index (κ2) is 27.5. The molecule has 0 fully saturated rings. The molecule has 2 nitrogen and oxygen atoms in total. The van der Waals surface area contributed by atoms with Gasteiger partial charge in [-0.05, 0) is 25.2 Å². The minimum atomic E-state index is -0.695. The molecule has 0 aromatic carbocycles. The van der Waals surface area contributed by atoms with Gasteiger partial charge in [-0.3, -0.25) is 0 Å². The molecule has 0 aromatic heterocycles. The van der Waals surface area contributed by atoms with E-state index in [9.17, 15) is 10.2 Å². The summed E-state index contributed by atoms with van der Waals surface area (Å²) in [5.74, 6) is 0.324. The number of unbranched alkanes of at least 4 members (excludes halogenated alkanes) is 21. The van der Waals surface area contributed by atoms with E-state index in [4.69, 9.17) is 0 Å². The van der Waals surface area contributed by atoms with E-state index in [-0.39, 0.29) is 18.4 Å². The third-order valence-electron chi connectivity index (χ3n) is 9.11. The molecule has 0 aromatic rings. The van der Waals surface area contributed by atoms with Gasteiger partial charge in [0, 0.05) is 12.5 Å².